The molecule has 3 rings (SSSR count). The number of hydrogen-bond donors (Lipinski definition) is 0. The van der Waals surface area contributed by atoms with Crippen LogP contribution in [0.15, 0.2) is 24.8 Å². The molecule has 130 valence electrons. The second-order valence-corrected chi connectivity index (χ2v) is 6.58. The third-order valence-electron chi connectivity index (χ3n) is 4.75. The van der Waals surface area contributed by atoms with Crippen LogP contribution in [0.25, 0.3) is 11.4 Å². The molecule has 0 saturated carbocycles. The van der Waals surface area contributed by atoms with E-state index < -0.39 is 0 Å². The second kappa shape index (κ2) is 6.27. The van der Waals surface area contributed by atoms with Gasteiger partial charge >= 0.3 is 0 Å². The molecule has 0 N–H and O–H groups in total. The van der Waals surface area contributed by atoms with Crippen molar-refractivity contribution < 1.29 is 4.79 Å². The average Bonchev–Trinajstić information content (AvgIpc) is 3.14. The highest BCUT2D eigenvalue weighted by Gasteiger charge is 2.22. The lowest BCUT2D eigenvalue weighted by molar-refractivity contribution is 0.101. The van der Waals surface area contributed by atoms with Crippen molar-refractivity contribution in [2.75, 3.05) is 0 Å². The van der Waals surface area contributed by atoms with Crippen molar-refractivity contribution in [3.63, 3.8) is 0 Å². The van der Waals surface area contributed by atoms with Gasteiger partial charge in [0, 0.05) is 30.6 Å². The van der Waals surface area contributed by atoms with E-state index in [9.17, 15) is 4.79 Å². The molecule has 2 heterocycles. The summed E-state index contributed by atoms with van der Waals surface area (Å²) in [6.45, 7) is 9.72. The first-order valence-corrected chi connectivity index (χ1v) is 8.31. The molecule has 0 saturated heterocycles. The zero-order valence-corrected chi connectivity index (χ0v) is 15.5. The first-order valence-electron chi connectivity index (χ1n) is 8.31. The Kier molecular flexibility index (Phi) is 4.29. The van der Waals surface area contributed by atoms with Gasteiger partial charge in [0.1, 0.15) is 12.2 Å². The van der Waals surface area contributed by atoms with E-state index in [0.29, 0.717) is 0 Å². The number of nitrogens with zero attached hydrogens (tertiary/aromatic N) is 5. The van der Waals surface area contributed by atoms with Crippen molar-refractivity contribution in [2.45, 2.75) is 40.7 Å². The van der Waals surface area contributed by atoms with E-state index in [1.807, 2.05) is 31.7 Å². The Hall–Kier alpha value is -2.76. The van der Waals surface area contributed by atoms with E-state index in [4.69, 9.17) is 0 Å². The van der Waals surface area contributed by atoms with Gasteiger partial charge in [0.25, 0.3) is 0 Å². The van der Waals surface area contributed by atoms with Crippen LogP contribution in [0, 0.1) is 20.8 Å². The van der Waals surface area contributed by atoms with E-state index in [-0.39, 0.29) is 11.8 Å². The predicted molar refractivity (Wildman–Crippen MR) is 96.7 cm³/mol. The standard InChI is InChI=1S/C19H23N5O/c1-11-9-12(2)17(13(3)16(11)15(5)25)19-20-7-8-24(19)14(4)18-22-21-10-23(18)6/h7-10,14H,1-6H3. The van der Waals surface area contributed by atoms with E-state index in [1.165, 1.54) is 0 Å². The van der Waals surface area contributed by atoms with Crippen molar-refractivity contribution in [3.8, 4) is 11.4 Å². The number of carbonyl (C=O) groups is 1. The van der Waals surface area contributed by atoms with Gasteiger partial charge in [-0.1, -0.05) is 6.07 Å². The normalized spacial score (nSPS) is 12.4. The lowest BCUT2D eigenvalue weighted by Crippen LogP contribution is -2.14. The molecule has 6 nitrogen and oxygen atoms in total. The molecule has 0 amide bonds. The van der Waals surface area contributed by atoms with Crippen LogP contribution < -0.4 is 0 Å². The van der Waals surface area contributed by atoms with Crippen molar-refractivity contribution in [2.24, 2.45) is 7.05 Å². The smallest absolute Gasteiger partial charge is 0.160 e. The summed E-state index contributed by atoms with van der Waals surface area (Å²) in [6, 6.07) is 2.04. The maximum atomic E-state index is 12.1. The Morgan fingerprint density at radius 3 is 2.52 bits per heavy atom. The number of carbonyl (C=O) groups excluding carboxylic acids is 1. The van der Waals surface area contributed by atoms with Crippen molar-refractivity contribution in [1.29, 1.82) is 0 Å². The van der Waals surface area contributed by atoms with Crippen LogP contribution in [0.1, 0.15) is 52.8 Å². The van der Waals surface area contributed by atoms with Crippen molar-refractivity contribution in [1.82, 2.24) is 24.3 Å². The topological polar surface area (TPSA) is 65.6 Å². The number of aryl methyl sites for hydroxylation is 3. The molecule has 25 heavy (non-hydrogen) atoms. The minimum atomic E-state index is -0.0223. The number of hydrogen-bond acceptors (Lipinski definition) is 4. The molecule has 0 bridgehead atoms. The van der Waals surface area contributed by atoms with E-state index >= 15 is 0 Å². The zero-order chi connectivity index (χ0) is 18.3. The first-order chi connectivity index (χ1) is 11.8. The number of ketones is 1. The van der Waals surface area contributed by atoms with E-state index in [0.717, 1.165) is 39.5 Å². The van der Waals surface area contributed by atoms with Crippen LogP contribution in [-0.4, -0.2) is 30.1 Å². The Labute approximate surface area is 147 Å². The van der Waals surface area contributed by atoms with E-state index in [1.54, 1.807) is 19.4 Å². The average molecular weight is 337 g/mol. The van der Waals surface area contributed by atoms with Gasteiger partial charge < -0.3 is 9.13 Å². The Morgan fingerprint density at radius 1 is 1.20 bits per heavy atom. The monoisotopic (exact) mass is 337 g/mol. The van der Waals surface area contributed by atoms with Gasteiger partial charge in [-0.25, -0.2) is 4.98 Å². The maximum absolute atomic E-state index is 12.1. The molecule has 1 aromatic carbocycles. The van der Waals surface area contributed by atoms with Crippen LogP contribution in [0.4, 0.5) is 0 Å². The molecule has 2 aromatic heterocycles. The third-order valence-corrected chi connectivity index (χ3v) is 4.75. The maximum Gasteiger partial charge on any atom is 0.160 e. The lowest BCUT2D eigenvalue weighted by atomic mass is 9.91. The predicted octanol–water partition coefficient (Wildman–Crippen LogP) is 3.42. The fraction of sp³-hybridized carbons (Fsp3) is 0.368. The van der Waals surface area contributed by atoms with Crippen molar-refractivity contribution >= 4 is 5.78 Å². The number of imidazole rings is 1. The Bertz CT molecular complexity index is 951. The van der Waals surface area contributed by atoms with Gasteiger partial charge in [-0.15, -0.1) is 10.2 Å². The van der Waals surface area contributed by atoms with Crippen LogP contribution >= 0.6 is 0 Å². The molecular formula is C19H23N5O. The number of aromatic nitrogens is 5. The highest BCUT2D eigenvalue weighted by atomic mass is 16.1. The fourth-order valence-electron chi connectivity index (χ4n) is 3.69. The highest BCUT2D eigenvalue weighted by Crippen LogP contribution is 2.33. The molecule has 0 spiro atoms. The van der Waals surface area contributed by atoms with Gasteiger partial charge in [0.15, 0.2) is 11.6 Å². The van der Waals surface area contributed by atoms with Gasteiger partial charge in [-0.05, 0) is 51.3 Å². The Balaban J connectivity index is 2.20. The number of rotatable bonds is 4. The zero-order valence-electron chi connectivity index (χ0n) is 15.5. The summed E-state index contributed by atoms with van der Waals surface area (Å²) in [5, 5.41) is 8.20. The molecule has 0 radical (unpaired) electrons. The highest BCUT2D eigenvalue weighted by molar-refractivity contribution is 5.99. The summed E-state index contributed by atoms with van der Waals surface area (Å²) in [4.78, 5) is 16.7. The number of benzene rings is 1. The minimum absolute atomic E-state index is 0.0223. The molecule has 0 aliphatic heterocycles. The van der Waals surface area contributed by atoms with Gasteiger partial charge in [-0.3, -0.25) is 4.79 Å². The molecule has 0 fully saturated rings. The van der Waals surface area contributed by atoms with Gasteiger partial charge in [0.05, 0.1) is 6.04 Å². The molecule has 0 aliphatic rings. The number of Topliss-reactive ketones (excluding diaryl/α,β-unsaturated/α-hetero) is 1. The molecule has 6 heteroatoms. The SMILES string of the molecule is CC(=O)c1c(C)cc(C)c(-c2nccn2C(C)c2nncn2C)c1C. The summed E-state index contributed by atoms with van der Waals surface area (Å²) in [6.07, 6.45) is 5.42. The summed E-state index contributed by atoms with van der Waals surface area (Å²) in [7, 11) is 1.93. The van der Waals surface area contributed by atoms with E-state index in [2.05, 4.69) is 39.7 Å². The molecule has 1 atom stereocenters. The van der Waals surface area contributed by atoms with Crippen LogP contribution in [0.2, 0.25) is 0 Å². The van der Waals surface area contributed by atoms with Crippen molar-refractivity contribution in [3.05, 3.63) is 52.9 Å². The molecule has 0 aliphatic carbocycles. The largest absolute Gasteiger partial charge is 0.321 e. The quantitative estimate of drug-likeness (QED) is 0.684. The second-order valence-electron chi connectivity index (χ2n) is 6.58. The van der Waals surface area contributed by atoms with Crippen LogP contribution in [0.5, 0.6) is 0 Å². The van der Waals surface area contributed by atoms with Gasteiger partial charge in [0.2, 0.25) is 0 Å². The molecule has 3 aromatic rings. The summed E-state index contributed by atoms with van der Waals surface area (Å²) < 4.78 is 3.99. The minimum Gasteiger partial charge on any atom is -0.321 e. The summed E-state index contributed by atoms with van der Waals surface area (Å²) in [5.41, 5.74) is 4.88. The van der Waals surface area contributed by atoms with Gasteiger partial charge in [-0.2, -0.15) is 0 Å². The third kappa shape index (κ3) is 2.77. The fourth-order valence-corrected chi connectivity index (χ4v) is 3.69. The lowest BCUT2D eigenvalue weighted by Gasteiger charge is -2.20. The summed E-state index contributed by atoms with van der Waals surface area (Å²) >= 11 is 0. The van der Waals surface area contributed by atoms with Crippen LogP contribution in [0.3, 0.4) is 0 Å². The Morgan fingerprint density at radius 2 is 1.92 bits per heavy atom. The summed E-state index contributed by atoms with van der Waals surface area (Å²) in [5.74, 6) is 1.78. The molecular weight excluding hydrogens is 314 g/mol. The van der Waals surface area contributed by atoms with Crippen LogP contribution in [-0.2, 0) is 7.05 Å². The molecule has 1 unspecified atom stereocenters. The first kappa shape index (κ1) is 17.1.